The molecular formula is C4H6AlNO3. The van der Waals surface area contributed by atoms with E-state index in [0.29, 0.717) is 16.3 Å². The van der Waals surface area contributed by atoms with Crippen LogP contribution in [0.15, 0.2) is 11.6 Å². The lowest BCUT2D eigenvalue weighted by molar-refractivity contribution is -0.120. The van der Waals surface area contributed by atoms with Gasteiger partial charge in [-0.15, -0.1) is 0 Å². The van der Waals surface area contributed by atoms with Gasteiger partial charge in [0.05, 0.1) is 4.97 Å². The lowest BCUT2D eigenvalue weighted by atomic mass is 10.4. The van der Waals surface area contributed by atoms with Gasteiger partial charge >= 0.3 is 0 Å². The van der Waals surface area contributed by atoms with Crippen LogP contribution in [0.1, 0.15) is 0 Å². The summed E-state index contributed by atoms with van der Waals surface area (Å²) in [5.41, 5.74) is 5.07. The van der Waals surface area contributed by atoms with E-state index in [-0.39, 0.29) is 11.7 Å². The molecule has 1 rings (SSSR count). The minimum Gasteiger partial charge on any atom is -0.501 e. The summed E-state index contributed by atoms with van der Waals surface area (Å²) >= 11 is 0.560. The second-order valence-electron chi connectivity index (χ2n) is 1.84. The Labute approximate surface area is 59.7 Å². The SMILES string of the molecule is NC1=C(O)C(=O)[CH]([AlH2])O1. The van der Waals surface area contributed by atoms with Gasteiger partial charge in [-0.05, 0) is 0 Å². The summed E-state index contributed by atoms with van der Waals surface area (Å²) < 4.78 is 4.71. The highest BCUT2D eigenvalue weighted by molar-refractivity contribution is 6.27. The number of carbonyl (C=O) groups is 1. The van der Waals surface area contributed by atoms with Crippen LogP contribution >= 0.6 is 0 Å². The van der Waals surface area contributed by atoms with Crippen molar-refractivity contribution in [1.82, 2.24) is 0 Å². The Balaban J connectivity index is 2.87. The zero-order valence-corrected chi connectivity index (χ0v) is 6.92. The summed E-state index contributed by atoms with van der Waals surface area (Å²) in [5.74, 6) is -0.950. The molecule has 0 aliphatic carbocycles. The van der Waals surface area contributed by atoms with Crippen LogP contribution in [0.5, 0.6) is 0 Å². The van der Waals surface area contributed by atoms with E-state index in [4.69, 9.17) is 15.6 Å². The third-order valence-electron chi connectivity index (χ3n) is 1.14. The number of Topliss-reactive ketones (excluding diaryl/α,β-unsaturated/α-hetero) is 1. The van der Waals surface area contributed by atoms with Gasteiger partial charge in [0, 0.05) is 0 Å². The Bertz CT molecular complexity index is 188. The lowest BCUT2D eigenvalue weighted by Gasteiger charge is -1.99. The predicted octanol–water partition coefficient (Wildman–Crippen LogP) is -1.77. The van der Waals surface area contributed by atoms with Crippen LogP contribution in [-0.4, -0.2) is 32.1 Å². The van der Waals surface area contributed by atoms with E-state index in [0.717, 1.165) is 0 Å². The number of nitrogens with two attached hydrogens (primary N) is 1. The summed E-state index contributed by atoms with van der Waals surface area (Å²) in [6, 6.07) is 0. The maximum absolute atomic E-state index is 10.6. The van der Waals surface area contributed by atoms with Crippen LogP contribution in [0.25, 0.3) is 0 Å². The predicted molar refractivity (Wildman–Crippen MR) is 32.3 cm³/mol. The Morgan fingerprint density at radius 2 is 2.33 bits per heavy atom. The molecule has 9 heavy (non-hydrogen) atoms. The molecular weight excluding hydrogens is 137 g/mol. The van der Waals surface area contributed by atoms with E-state index in [1.165, 1.54) is 0 Å². The first-order chi connectivity index (χ1) is 4.13. The highest BCUT2D eigenvalue weighted by Gasteiger charge is 2.29. The number of aliphatic hydroxyl groups excluding tert-OH is 1. The van der Waals surface area contributed by atoms with E-state index in [1.54, 1.807) is 0 Å². The highest BCUT2D eigenvalue weighted by Crippen LogP contribution is 2.12. The molecule has 1 aliphatic heterocycles. The Kier molecular flexibility index (Phi) is 1.39. The van der Waals surface area contributed by atoms with Crippen molar-refractivity contribution in [1.29, 1.82) is 0 Å². The van der Waals surface area contributed by atoms with Gasteiger partial charge in [-0.1, -0.05) is 0 Å². The first kappa shape index (κ1) is 6.46. The first-order valence-electron chi connectivity index (χ1n) is 2.52. The normalized spacial score (nSPS) is 26.7. The molecule has 1 atom stereocenters. The van der Waals surface area contributed by atoms with Gasteiger partial charge in [0.15, 0.2) is 0 Å². The lowest BCUT2D eigenvalue weighted by Crippen LogP contribution is -2.17. The zero-order valence-electron chi connectivity index (χ0n) is 4.92. The summed E-state index contributed by atoms with van der Waals surface area (Å²) in [4.78, 5) is 10.2. The fraction of sp³-hybridized carbons (Fsp3) is 0.250. The molecule has 0 fully saturated rings. The van der Waals surface area contributed by atoms with Crippen LogP contribution in [0.3, 0.4) is 0 Å². The van der Waals surface area contributed by atoms with Crippen LogP contribution in [-0.2, 0) is 9.53 Å². The van der Waals surface area contributed by atoms with Crippen molar-refractivity contribution in [3.63, 3.8) is 0 Å². The number of ketones is 1. The average Bonchev–Trinajstić information content (AvgIpc) is 1.98. The third kappa shape index (κ3) is 0.890. The van der Waals surface area contributed by atoms with E-state index in [9.17, 15) is 4.79 Å². The van der Waals surface area contributed by atoms with E-state index < -0.39 is 10.7 Å². The van der Waals surface area contributed by atoms with Gasteiger partial charge in [0.2, 0.25) is 17.4 Å². The second kappa shape index (κ2) is 1.94. The van der Waals surface area contributed by atoms with Crippen LogP contribution in [0.2, 0.25) is 0 Å². The fourth-order valence-electron chi connectivity index (χ4n) is 0.614. The monoisotopic (exact) mass is 143 g/mol. The van der Waals surface area contributed by atoms with Gasteiger partial charge in [0.1, 0.15) is 0 Å². The van der Waals surface area contributed by atoms with Crippen molar-refractivity contribution in [2.45, 2.75) is 4.97 Å². The summed E-state index contributed by atoms with van der Waals surface area (Å²) in [6.07, 6.45) is 0. The quantitative estimate of drug-likeness (QED) is 0.393. The molecule has 3 N–H and O–H groups in total. The van der Waals surface area contributed by atoms with Crippen molar-refractivity contribution in [3.8, 4) is 0 Å². The van der Waals surface area contributed by atoms with E-state index >= 15 is 0 Å². The minimum absolute atomic E-state index is 0.139. The van der Waals surface area contributed by atoms with Crippen molar-refractivity contribution >= 4 is 22.1 Å². The molecule has 0 aromatic carbocycles. The van der Waals surface area contributed by atoms with Crippen molar-refractivity contribution < 1.29 is 14.6 Å². The first-order valence-corrected chi connectivity index (χ1v) is 3.68. The minimum atomic E-state index is -0.481. The Morgan fingerprint density at radius 1 is 1.78 bits per heavy atom. The van der Waals surface area contributed by atoms with E-state index in [1.807, 2.05) is 0 Å². The van der Waals surface area contributed by atoms with Gasteiger partial charge in [-0.25, -0.2) is 0 Å². The van der Waals surface area contributed by atoms with Gasteiger partial charge in [-0.3, -0.25) is 4.79 Å². The molecule has 1 unspecified atom stereocenters. The molecule has 0 bridgehead atoms. The molecule has 1 aliphatic rings. The summed E-state index contributed by atoms with van der Waals surface area (Å²) in [7, 11) is 0. The third-order valence-corrected chi connectivity index (χ3v) is 1.90. The number of rotatable bonds is 0. The number of aliphatic hydroxyl groups is 1. The standard InChI is InChI=1S/C4H4NO3.Al.2H/c5-4-3(7)2(6)1-8-4;;;/h1,7H,5H2;;;. The number of hydrogen-bond acceptors (Lipinski definition) is 4. The summed E-state index contributed by atoms with van der Waals surface area (Å²) in [6.45, 7) is 0. The van der Waals surface area contributed by atoms with Crippen LogP contribution < -0.4 is 5.73 Å². The second-order valence-corrected chi connectivity index (χ2v) is 2.89. The van der Waals surface area contributed by atoms with Gasteiger partial charge in [-0.2, -0.15) is 0 Å². The molecule has 1 heterocycles. The largest absolute Gasteiger partial charge is 0.501 e. The molecule has 5 heteroatoms. The van der Waals surface area contributed by atoms with Crippen molar-refractivity contribution in [3.05, 3.63) is 11.6 Å². The zero-order chi connectivity index (χ0) is 7.02. The molecule has 4 nitrogen and oxygen atoms in total. The highest BCUT2D eigenvalue weighted by atomic mass is 27.0. The molecule has 48 valence electrons. The Morgan fingerprint density at radius 3 is 2.44 bits per heavy atom. The van der Waals surface area contributed by atoms with Crippen molar-refractivity contribution in [2.75, 3.05) is 0 Å². The molecule has 0 radical (unpaired) electrons. The van der Waals surface area contributed by atoms with Crippen LogP contribution in [0.4, 0.5) is 0 Å². The number of hydrogen-bond donors (Lipinski definition) is 2. The van der Waals surface area contributed by atoms with Crippen LogP contribution in [0, 0.1) is 0 Å². The average molecular weight is 143 g/mol. The Hall–Kier alpha value is -0.658. The van der Waals surface area contributed by atoms with Gasteiger partial charge < -0.3 is 15.6 Å². The maximum atomic E-state index is 10.6. The molecule has 0 aromatic rings. The summed E-state index contributed by atoms with van der Waals surface area (Å²) in [5, 5.41) is 8.74. The molecule has 0 saturated carbocycles. The topological polar surface area (TPSA) is 72.5 Å². The molecule has 0 saturated heterocycles. The molecule has 0 spiro atoms. The smallest absolute Gasteiger partial charge is 0.292 e. The van der Waals surface area contributed by atoms with Gasteiger partial charge in [0.25, 0.3) is 16.3 Å². The number of ether oxygens (including phenoxy) is 1. The number of carbonyl (C=O) groups excluding carboxylic acids is 1. The molecule has 0 aromatic heterocycles. The maximum Gasteiger partial charge on any atom is 0.292 e. The fourth-order valence-corrected chi connectivity index (χ4v) is 1.14. The van der Waals surface area contributed by atoms with Crippen molar-refractivity contribution in [2.24, 2.45) is 5.73 Å². The van der Waals surface area contributed by atoms with E-state index in [2.05, 4.69) is 0 Å². The molecule has 0 amide bonds.